The zero-order valence-corrected chi connectivity index (χ0v) is 12.4. The Morgan fingerprint density at radius 3 is 2.71 bits per heavy atom. The molecule has 0 saturated heterocycles. The van der Waals surface area contributed by atoms with Crippen LogP contribution in [0.3, 0.4) is 0 Å². The summed E-state index contributed by atoms with van der Waals surface area (Å²) in [6.45, 7) is 2.07. The van der Waals surface area contributed by atoms with Crippen molar-refractivity contribution in [3.8, 4) is 0 Å². The first-order valence-electron chi connectivity index (χ1n) is 6.47. The van der Waals surface area contributed by atoms with Crippen LogP contribution in [-0.2, 0) is 16.0 Å². The van der Waals surface area contributed by atoms with Crippen LogP contribution in [0.15, 0.2) is 40.3 Å². The van der Waals surface area contributed by atoms with Crippen molar-refractivity contribution < 1.29 is 9.53 Å². The van der Waals surface area contributed by atoms with E-state index in [1.165, 1.54) is 0 Å². The smallest absolute Gasteiger partial charge is 0.316 e. The van der Waals surface area contributed by atoms with Gasteiger partial charge in [-0.1, -0.05) is 42.1 Å². The summed E-state index contributed by atoms with van der Waals surface area (Å²) >= 11 is 1.09. The van der Waals surface area contributed by atoms with Crippen molar-refractivity contribution in [3.63, 3.8) is 0 Å². The van der Waals surface area contributed by atoms with Crippen molar-refractivity contribution in [3.05, 3.63) is 51.9 Å². The van der Waals surface area contributed by atoms with Gasteiger partial charge in [0.15, 0.2) is 5.16 Å². The quantitative estimate of drug-likeness (QED) is 0.641. The average Bonchev–Trinajstić information content (AvgIpc) is 2.49. The molecule has 2 aromatic rings. The van der Waals surface area contributed by atoms with E-state index < -0.39 is 0 Å². The highest BCUT2D eigenvalue weighted by atomic mass is 32.2. The number of aromatic nitrogens is 3. The lowest BCUT2D eigenvalue weighted by Gasteiger charge is -2.02. The van der Waals surface area contributed by atoms with Crippen LogP contribution in [0, 0.1) is 0 Å². The Kier molecular flexibility index (Phi) is 5.51. The van der Waals surface area contributed by atoms with Crippen molar-refractivity contribution in [2.75, 3.05) is 12.4 Å². The molecule has 0 fully saturated rings. The van der Waals surface area contributed by atoms with E-state index in [1.807, 2.05) is 30.3 Å². The molecule has 1 heterocycles. The van der Waals surface area contributed by atoms with Crippen LogP contribution in [0.4, 0.5) is 0 Å². The molecule has 21 heavy (non-hydrogen) atoms. The average molecular weight is 305 g/mol. The van der Waals surface area contributed by atoms with Crippen molar-refractivity contribution in [1.82, 2.24) is 15.2 Å². The van der Waals surface area contributed by atoms with E-state index in [0.29, 0.717) is 23.9 Å². The van der Waals surface area contributed by atoms with Gasteiger partial charge in [0, 0.05) is 6.42 Å². The molecule has 7 heteroatoms. The minimum Gasteiger partial charge on any atom is -0.465 e. The van der Waals surface area contributed by atoms with Crippen LogP contribution in [0.1, 0.15) is 18.2 Å². The van der Waals surface area contributed by atoms with E-state index in [9.17, 15) is 9.59 Å². The lowest BCUT2D eigenvalue weighted by Crippen LogP contribution is -2.18. The number of rotatable bonds is 6. The molecule has 0 spiro atoms. The maximum absolute atomic E-state index is 11.9. The maximum Gasteiger partial charge on any atom is 0.316 e. The van der Waals surface area contributed by atoms with Gasteiger partial charge in [-0.3, -0.25) is 14.6 Å². The van der Waals surface area contributed by atoms with Crippen LogP contribution in [0.5, 0.6) is 0 Å². The zero-order valence-electron chi connectivity index (χ0n) is 11.5. The number of hydrogen-bond acceptors (Lipinski definition) is 6. The Hall–Kier alpha value is -2.15. The summed E-state index contributed by atoms with van der Waals surface area (Å²) in [6, 6.07) is 9.56. The monoisotopic (exact) mass is 305 g/mol. The number of nitrogens with one attached hydrogen (secondary N) is 1. The van der Waals surface area contributed by atoms with E-state index in [4.69, 9.17) is 4.74 Å². The maximum atomic E-state index is 11.9. The first kappa shape index (κ1) is 15.2. The summed E-state index contributed by atoms with van der Waals surface area (Å²) in [7, 11) is 0. The van der Waals surface area contributed by atoms with E-state index >= 15 is 0 Å². The van der Waals surface area contributed by atoms with Gasteiger partial charge in [-0.05, 0) is 12.5 Å². The topological polar surface area (TPSA) is 84.9 Å². The minimum absolute atomic E-state index is 0.0937. The fourth-order valence-electron chi connectivity index (χ4n) is 1.65. The van der Waals surface area contributed by atoms with Crippen LogP contribution >= 0.6 is 11.8 Å². The molecule has 0 saturated carbocycles. The number of aromatic amines is 1. The van der Waals surface area contributed by atoms with Gasteiger partial charge in [0.1, 0.15) is 5.69 Å². The summed E-state index contributed by atoms with van der Waals surface area (Å²) in [5, 5.41) is 8.16. The number of esters is 1. The molecular formula is C14H15N3O3S. The number of carbonyl (C=O) groups excluding carboxylic acids is 1. The third kappa shape index (κ3) is 4.71. The Balaban J connectivity index is 2.01. The first-order chi connectivity index (χ1) is 10.2. The first-order valence-corrected chi connectivity index (χ1v) is 7.46. The zero-order chi connectivity index (χ0) is 15.1. The van der Waals surface area contributed by atoms with Gasteiger partial charge in [0.2, 0.25) is 0 Å². The highest BCUT2D eigenvalue weighted by Crippen LogP contribution is 2.10. The summed E-state index contributed by atoms with van der Waals surface area (Å²) < 4.78 is 4.80. The van der Waals surface area contributed by atoms with Crippen molar-refractivity contribution in [1.29, 1.82) is 0 Å². The molecule has 110 valence electrons. The fraction of sp³-hybridized carbons (Fsp3) is 0.286. The lowest BCUT2D eigenvalue weighted by atomic mass is 10.1. The third-order valence-corrected chi connectivity index (χ3v) is 3.43. The normalized spacial score (nSPS) is 10.3. The van der Waals surface area contributed by atoms with Crippen molar-refractivity contribution in [2.45, 2.75) is 18.5 Å². The number of ether oxygens (including phenoxy) is 1. The molecule has 0 aliphatic heterocycles. The second-order valence-electron chi connectivity index (χ2n) is 4.16. The van der Waals surface area contributed by atoms with E-state index in [-0.39, 0.29) is 17.3 Å². The number of hydrogen-bond donors (Lipinski definition) is 1. The number of nitrogens with zero attached hydrogens (tertiary/aromatic N) is 2. The Morgan fingerprint density at radius 2 is 2.05 bits per heavy atom. The molecule has 0 aliphatic rings. The molecule has 1 aromatic carbocycles. The molecule has 2 rings (SSSR count). The summed E-state index contributed by atoms with van der Waals surface area (Å²) in [5.74, 6) is -0.255. The minimum atomic E-state index is -0.349. The highest BCUT2D eigenvalue weighted by Gasteiger charge is 2.09. The molecule has 0 unspecified atom stereocenters. The lowest BCUT2D eigenvalue weighted by molar-refractivity contribution is -0.139. The second kappa shape index (κ2) is 7.58. The number of thioether (sulfide) groups is 1. The van der Waals surface area contributed by atoms with Crippen LogP contribution in [0.2, 0.25) is 0 Å². The Labute approximate surface area is 126 Å². The molecule has 0 radical (unpaired) electrons. The van der Waals surface area contributed by atoms with Gasteiger partial charge in [0.05, 0.1) is 12.4 Å². The van der Waals surface area contributed by atoms with Gasteiger partial charge < -0.3 is 4.74 Å². The number of benzene rings is 1. The summed E-state index contributed by atoms with van der Waals surface area (Å²) in [5.41, 5.74) is 1.05. The van der Waals surface area contributed by atoms with Crippen molar-refractivity contribution >= 4 is 17.7 Å². The fourth-order valence-corrected chi connectivity index (χ4v) is 2.25. The molecule has 6 nitrogen and oxygen atoms in total. The Morgan fingerprint density at radius 1 is 1.29 bits per heavy atom. The second-order valence-corrected chi connectivity index (χ2v) is 5.13. The van der Waals surface area contributed by atoms with Crippen LogP contribution < -0.4 is 5.56 Å². The molecule has 0 bridgehead atoms. The Bertz CT molecular complexity index is 658. The van der Waals surface area contributed by atoms with E-state index in [0.717, 1.165) is 17.3 Å². The molecule has 0 amide bonds. The van der Waals surface area contributed by atoms with Gasteiger partial charge in [-0.2, -0.15) is 0 Å². The largest absolute Gasteiger partial charge is 0.465 e. The van der Waals surface area contributed by atoms with Gasteiger partial charge in [0.25, 0.3) is 5.56 Å². The predicted octanol–water partition coefficient (Wildman–Crippen LogP) is 1.41. The predicted molar refractivity (Wildman–Crippen MR) is 79.3 cm³/mol. The van der Waals surface area contributed by atoms with Crippen LogP contribution in [-0.4, -0.2) is 33.5 Å². The molecular weight excluding hydrogens is 290 g/mol. The molecule has 1 N–H and O–H groups in total. The molecule has 0 atom stereocenters. The van der Waals surface area contributed by atoms with E-state index in [2.05, 4.69) is 15.2 Å². The highest BCUT2D eigenvalue weighted by molar-refractivity contribution is 7.99. The van der Waals surface area contributed by atoms with Crippen LogP contribution in [0.25, 0.3) is 0 Å². The van der Waals surface area contributed by atoms with Crippen molar-refractivity contribution in [2.24, 2.45) is 0 Å². The molecule has 1 aromatic heterocycles. The van der Waals surface area contributed by atoms with Gasteiger partial charge in [-0.15, -0.1) is 10.2 Å². The third-order valence-electron chi connectivity index (χ3n) is 2.59. The number of H-pyrrole nitrogens is 1. The van der Waals surface area contributed by atoms with E-state index in [1.54, 1.807) is 6.92 Å². The van der Waals surface area contributed by atoms with Gasteiger partial charge >= 0.3 is 5.97 Å². The standard InChI is InChI=1S/C14H15N3O3S/c1-2-20-12(18)9-21-14-15-13(19)11(16-17-14)8-10-6-4-3-5-7-10/h3-7H,2,8-9H2,1H3,(H,15,17,19). The molecule has 0 aliphatic carbocycles. The summed E-state index contributed by atoms with van der Waals surface area (Å²) in [4.78, 5) is 25.8. The number of carbonyl (C=O) groups is 1. The summed E-state index contributed by atoms with van der Waals surface area (Å²) in [6.07, 6.45) is 0.423. The van der Waals surface area contributed by atoms with Gasteiger partial charge in [-0.25, -0.2) is 0 Å². The SMILES string of the molecule is CCOC(=O)CSc1nnc(Cc2ccccc2)c(=O)[nH]1.